The molecule has 2 aliphatic rings. The first-order valence-corrected chi connectivity index (χ1v) is 8.75. The molecule has 7 heteroatoms. The van der Waals surface area contributed by atoms with E-state index in [4.69, 9.17) is 9.47 Å². The summed E-state index contributed by atoms with van der Waals surface area (Å²) < 4.78 is 13.0. The third-order valence-electron chi connectivity index (χ3n) is 4.70. The highest BCUT2D eigenvalue weighted by molar-refractivity contribution is 4.79. The third kappa shape index (κ3) is 5.24. The van der Waals surface area contributed by atoms with Crippen LogP contribution in [0.25, 0.3) is 0 Å². The lowest BCUT2D eigenvalue weighted by atomic mass is 10.0. The molecule has 130 valence electrons. The molecule has 1 aromatic heterocycles. The highest BCUT2D eigenvalue weighted by atomic mass is 16.5. The summed E-state index contributed by atoms with van der Waals surface area (Å²) >= 11 is 0. The van der Waals surface area contributed by atoms with E-state index >= 15 is 0 Å². The summed E-state index contributed by atoms with van der Waals surface area (Å²) in [6, 6.07) is 0.415. The standard InChI is InChI=1S/C16H28N4O3/c21-15(10-22-11-16-5-3-7-23-16)9-19-6-2-1-4-14(19)8-20-13-17-12-18-20/h12-16,21H,1-11H2. The molecule has 0 amide bonds. The summed E-state index contributed by atoms with van der Waals surface area (Å²) in [6.07, 6.45) is 8.86. The van der Waals surface area contributed by atoms with Gasteiger partial charge in [-0.2, -0.15) is 5.10 Å². The molecule has 0 radical (unpaired) electrons. The van der Waals surface area contributed by atoms with Gasteiger partial charge in [-0.05, 0) is 32.2 Å². The summed E-state index contributed by atoms with van der Waals surface area (Å²) in [6.45, 7) is 4.34. The zero-order chi connectivity index (χ0) is 15.9. The summed E-state index contributed by atoms with van der Waals surface area (Å²) in [5, 5.41) is 14.5. The van der Waals surface area contributed by atoms with Gasteiger partial charge >= 0.3 is 0 Å². The number of nitrogens with zero attached hydrogens (tertiary/aromatic N) is 4. The second-order valence-electron chi connectivity index (χ2n) is 6.59. The Bertz CT molecular complexity index is 437. The molecule has 1 aromatic rings. The molecule has 3 atom stereocenters. The fraction of sp³-hybridized carbons (Fsp3) is 0.875. The van der Waals surface area contributed by atoms with Crippen LogP contribution in [-0.4, -0.2) is 75.9 Å². The lowest BCUT2D eigenvalue weighted by molar-refractivity contribution is -0.0322. The van der Waals surface area contributed by atoms with E-state index in [1.54, 1.807) is 12.7 Å². The number of likely N-dealkylation sites (tertiary alicyclic amines) is 1. The fourth-order valence-corrected chi connectivity index (χ4v) is 3.48. The van der Waals surface area contributed by atoms with Gasteiger partial charge in [0.15, 0.2) is 0 Å². The Morgan fingerprint density at radius 2 is 2.26 bits per heavy atom. The minimum atomic E-state index is -0.451. The third-order valence-corrected chi connectivity index (χ3v) is 4.70. The Morgan fingerprint density at radius 3 is 3.04 bits per heavy atom. The van der Waals surface area contributed by atoms with Crippen molar-refractivity contribution in [2.45, 2.75) is 56.9 Å². The number of hydrogen-bond donors (Lipinski definition) is 1. The average molecular weight is 324 g/mol. The van der Waals surface area contributed by atoms with Crippen LogP contribution < -0.4 is 0 Å². The van der Waals surface area contributed by atoms with Crippen molar-refractivity contribution in [2.75, 3.05) is 32.9 Å². The van der Waals surface area contributed by atoms with Gasteiger partial charge in [0.1, 0.15) is 12.7 Å². The van der Waals surface area contributed by atoms with Gasteiger partial charge in [0.25, 0.3) is 0 Å². The second-order valence-corrected chi connectivity index (χ2v) is 6.59. The Morgan fingerprint density at radius 1 is 1.30 bits per heavy atom. The highest BCUT2D eigenvalue weighted by Gasteiger charge is 2.25. The van der Waals surface area contributed by atoms with Crippen LogP contribution in [0.15, 0.2) is 12.7 Å². The SMILES string of the molecule is OC(COCC1CCCO1)CN1CCCCC1Cn1cncn1. The van der Waals surface area contributed by atoms with Crippen molar-refractivity contribution in [3.05, 3.63) is 12.7 Å². The van der Waals surface area contributed by atoms with E-state index < -0.39 is 6.10 Å². The van der Waals surface area contributed by atoms with Crippen LogP contribution in [0.5, 0.6) is 0 Å². The topological polar surface area (TPSA) is 72.6 Å². The maximum absolute atomic E-state index is 10.3. The zero-order valence-corrected chi connectivity index (χ0v) is 13.7. The minimum absolute atomic E-state index is 0.220. The Balaban J connectivity index is 1.40. The van der Waals surface area contributed by atoms with Crippen molar-refractivity contribution >= 4 is 0 Å². The van der Waals surface area contributed by atoms with Gasteiger partial charge in [-0.25, -0.2) is 4.98 Å². The number of aliphatic hydroxyl groups is 1. The molecule has 1 N–H and O–H groups in total. The molecule has 2 saturated heterocycles. The van der Waals surface area contributed by atoms with Gasteiger partial charge in [-0.3, -0.25) is 9.58 Å². The number of rotatable bonds is 8. The second kappa shape index (κ2) is 8.73. The molecule has 3 rings (SSSR count). The smallest absolute Gasteiger partial charge is 0.137 e. The lowest BCUT2D eigenvalue weighted by Crippen LogP contribution is -2.46. The number of aromatic nitrogens is 3. The molecular weight excluding hydrogens is 296 g/mol. The van der Waals surface area contributed by atoms with Gasteiger partial charge in [-0.15, -0.1) is 0 Å². The van der Waals surface area contributed by atoms with E-state index in [1.165, 1.54) is 12.8 Å². The molecule has 23 heavy (non-hydrogen) atoms. The molecule has 2 fully saturated rings. The molecule has 0 saturated carbocycles. The van der Waals surface area contributed by atoms with Gasteiger partial charge < -0.3 is 14.6 Å². The highest BCUT2D eigenvalue weighted by Crippen LogP contribution is 2.19. The quantitative estimate of drug-likeness (QED) is 0.758. The summed E-state index contributed by atoms with van der Waals surface area (Å²) in [7, 11) is 0. The van der Waals surface area contributed by atoms with Crippen LogP contribution in [0.1, 0.15) is 32.1 Å². The summed E-state index contributed by atoms with van der Waals surface area (Å²) in [4.78, 5) is 6.37. The predicted octanol–water partition coefficient (Wildman–Crippen LogP) is 0.689. The van der Waals surface area contributed by atoms with Crippen LogP contribution in [0.3, 0.4) is 0 Å². The minimum Gasteiger partial charge on any atom is -0.389 e. The van der Waals surface area contributed by atoms with Crippen molar-refractivity contribution in [3.63, 3.8) is 0 Å². The normalized spacial score (nSPS) is 27.3. The van der Waals surface area contributed by atoms with E-state index in [0.717, 1.165) is 39.0 Å². The van der Waals surface area contributed by atoms with Crippen LogP contribution in [-0.2, 0) is 16.0 Å². The van der Waals surface area contributed by atoms with E-state index in [9.17, 15) is 5.11 Å². The summed E-state index contributed by atoms with van der Waals surface area (Å²) in [5.41, 5.74) is 0. The Labute approximate surface area is 137 Å². The first kappa shape index (κ1) is 16.8. The van der Waals surface area contributed by atoms with Crippen molar-refractivity contribution in [3.8, 4) is 0 Å². The van der Waals surface area contributed by atoms with Gasteiger partial charge in [0.2, 0.25) is 0 Å². The molecule has 0 aliphatic carbocycles. The molecule has 3 unspecified atom stereocenters. The van der Waals surface area contributed by atoms with Crippen molar-refractivity contribution < 1.29 is 14.6 Å². The number of β-amino-alcohol motifs (C(OH)–C–C–N with tert-alkyl or cyclic N) is 1. The number of aliphatic hydroxyl groups excluding tert-OH is 1. The molecule has 3 heterocycles. The zero-order valence-electron chi connectivity index (χ0n) is 13.7. The van der Waals surface area contributed by atoms with Crippen LogP contribution in [0, 0.1) is 0 Å². The molecule has 2 aliphatic heterocycles. The summed E-state index contributed by atoms with van der Waals surface area (Å²) in [5.74, 6) is 0. The van der Waals surface area contributed by atoms with E-state index in [-0.39, 0.29) is 6.10 Å². The predicted molar refractivity (Wildman–Crippen MR) is 85.0 cm³/mol. The number of ether oxygens (including phenoxy) is 2. The first-order valence-electron chi connectivity index (χ1n) is 8.75. The van der Waals surface area contributed by atoms with Gasteiger partial charge in [0, 0.05) is 19.2 Å². The monoisotopic (exact) mass is 324 g/mol. The van der Waals surface area contributed by atoms with E-state index in [0.29, 0.717) is 25.8 Å². The van der Waals surface area contributed by atoms with Gasteiger partial charge in [-0.1, -0.05) is 6.42 Å². The number of hydrogen-bond acceptors (Lipinski definition) is 6. The number of piperidine rings is 1. The van der Waals surface area contributed by atoms with Crippen LogP contribution in [0.4, 0.5) is 0 Å². The molecule has 0 aromatic carbocycles. The van der Waals surface area contributed by atoms with Crippen molar-refractivity contribution in [1.29, 1.82) is 0 Å². The van der Waals surface area contributed by atoms with Crippen LogP contribution >= 0.6 is 0 Å². The Hall–Kier alpha value is -1.02. The molecule has 0 bridgehead atoms. The lowest BCUT2D eigenvalue weighted by Gasteiger charge is -2.36. The van der Waals surface area contributed by atoms with Crippen LogP contribution in [0.2, 0.25) is 0 Å². The molecule has 7 nitrogen and oxygen atoms in total. The largest absolute Gasteiger partial charge is 0.389 e. The van der Waals surface area contributed by atoms with Gasteiger partial charge in [0.05, 0.1) is 32.0 Å². The van der Waals surface area contributed by atoms with Crippen molar-refractivity contribution in [1.82, 2.24) is 19.7 Å². The molecular formula is C16H28N4O3. The Kier molecular flexibility index (Phi) is 6.38. The fourth-order valence-electron chi connectivity index (χ4n) is 3.48. The van der Waals surface area contributed by atoms with E-state index in [1.807, 2.05) is 4.68 Å². The van der Waals surface area contributed by atoms with E-state index in [2.05, 4.69) is 15.0 Å². The maximum Gasteiger partial charge on any atom is 0.137 e. The van der Waals surface area contributed by atoms with Crippen molar-refractivity contribution in [2.24, 2.45) is 0 Å². The maximum atomic E-state index is 10.3. The average Bonchev–Trinajstić information content (AvgIpc) is 3.23. The first-order chi connectivity index (χ1) is 11.3. The molecule has 0 spiro atoms.